The SMILES string of the molecule is [B]C1([B])c2cc(Cl)c(Cl)cc2CN1C(=O)CCC(NC=O)C(=O)NC. The van der Waals surface area contributed by atoms with E-state index in [9.17, 15) is 14.4 Å². The second-order valence-corrected chi connectivity index (χ2v) is 6.53. The first-order valence-electron chi connectivity index (χ1n) is 7.50. The summed E-state index contributed by atoms with van der Waals surface area (Å²) in [5.41, 5.74) is 1.23. The van der Waals surface area contributed by atoms with Crippen molar-refractivity contribution in [1.29, 1.82) is 0 Å². The quantitative estimate of drug-likeness (QED) is 0.557. The maximum Gasteiger partial charge on any atom is 0.242 e. The van der Waals surface area contributed by atoms with Crippen molar-refractivity contribution in [2.24, 2.45) is 0 Å². The Labute approximate surface area is 158 Å². The van der Waals surface area contributed by atoms with Crippen molar-refractivity contribution in [3.63, 3.8) is 0 Å². The molecule has 6 nitrogen and oxygen atoms in total. The molecule has 128 valence electrons. The van der Waals surface area contributed by atoms with Crippen LogP contribution in [0.3, 0.4) is 0 Å². The number of carbonyl (C=O) groups is 3. The molecule has 0 aromatic heterocycles. The lowest BCUT2D eigenvalue weighted by Crippen LogP contribution is -2.47. The second kappa shape index (κ2) is 7.70. The number of likely N-dealkylation sites (N-methyl/N-ethyl adjacent to an activating group) is 1. The minimum Gasteiger partial charge on any atom is -0.357 e. The molecule has 0 aliphatic carbocycles. The average Bonchev–Trinajstić information content (AvgIpc) is 2.82. The molecule has 1 aromatic rings. The zero-order chi connectivity index (χ0) is 18.8. The summed E-state index contributed by atoms with van der Waals surface area (Å²) in [5.74, 6) is -0.745. The molecule has 1 heterocycles. The van der Waals surface area contributed by atoms with Gasteiger partial charge in [-0.2, -0.15) is 0 Å². The van der Waals surface area contributed by atoms with E-state index in [2.05, 4.69) is 10.6 Å². The standard InChI is InChI=1S/C15H15B2Cl2N3O3/c1-20-14(25)12(21-7-23)2-3-13(24)22-6-8-4-10(18)11(19)5-9(8)15(22,16)17/h4-5,7,12H,2-3,6H2,1H3,(H,20,25)(H,21,23). The highest BCUT2D eigenvalue weighted by Gasteiger charge is 2.39. The van der Waals surface area contributed by atoms with E-state index in [0.717, 1.165) is 0 Å². The van der Waals surface area contributed by atoms with E-state index < -0.39 is 17.3 Å². The molecule has 1 aliphatic heterocycles. The fraction of sp³-hybridized carbons (Fsp3) is 0.400. The van der Waals surface area contributed by atoms with Gasteiger partial charge in [-0.25, -0.2) is 0 Å². The van der Waals surface area contributed by atoms with Gasteiger partial charge in [0.25, 0.3) is 0 Å². The number of fused-ring (bicyclic) bond motifs is 1. The van der Waals surface area contributed by atoms with Crippen molar-refractivity contribution < 1.29 is 14.4 Å². The number of carbonyl (C=O) groups excluding carboxylic acids is 3. The number of benzene rings is 1. The normalized spacial score (nSPS) is 16.0. The van der Waals surface area contributed by atoms with Crippen molar-refractivity contribution in [3.8, 4) is 0 Å². The predicted molar refractivity (Wildman–Crippen MR) is 96.5 cm³/mol. The molecule has 10 heteroatoms. The zero-order valence-electron chi connectivity index (χ0n) is 13.5. The van der Waals surface area contributed by atoms with Crippen molar-refractivity contribution in [1.82, 2.24) is 15.5 Å². The third-order valence-corrected chi connectivity index (χ3v) is 4.85. The highest BCUT2D eigenvalue weighted by molar-refractivity contribution is 6.43. The Hall–Kier alpha value is -1.66. The smallest absolute Gasteiger partial charge is 0.242 e. The highest BCUT2D eigenvalue weighted by atomic mass is 35.5. The third kappa shape index (κ3) is 3.96. The van der Waals surface area contributed by atoms with Crippen molar-refractivity contribution in [2.75, 3.05) is 7.05 Å². The van der Waals surface area contributed by atoms with E-state index in [1.807, 2.05) is 0 Å². The first-order valence-corrected chi connectivity index (χ1v) is 8.25. The maximum absolute atomic E-state index is 12.6. The summed E-state index contributed by atoms with van der Waals surface area (Å²) >= 11 is 12.0. The molecule has 4 radical (unpaired) electrons. The molecule has 1 unspecified atom stereocenters. The summed E-state index contributed by atoms with van der Waals surface area (Å²) in [6.45, 7) is 0.184. The Morgan fingerprint density at radius 3 is 2.60 bits per heavy atom. The van der Waals surface area contributed by atoms with Gasteiger partial charge in [-0.05, 0) is 35.0 Å². The first-order chi connectivity index (χ1) is 11.7. The molecule has 1 aromatic carbocycles. The number of amides is 3. The van der Waals surface area contributed by atoms with Crippen LogP contribution in [0.4, 0.5) is 0 Å². The monoisotopic (exact) mass is 377 g/mol. The van der Waals surface area contributed by atoms with Crippen LogP contribution in [0.5, 0.6) is 0 Å². The average molecular weight is 378 g/mol. The molecule has 0 saturated heterocycles. The summed E-state index contributed by atoms with van der Waals surface area (Å²) in [6, 6.07) is 2.36. The number of hydrogen-bond acceptors (Lipinski definition) is 3. The Morgan fingerprint density at radius 2 is 2.00 bits per heavy atom. The minimum atomic E-state index is -1.53. The number of rotatable bonds is 6. The lowest BCUT2D eigenvalue weighted by Gasteiger charge is -2.34. The van der Waals surface area contributed by atoms with Crippen molar-refractivity contribution in [2.45, 2.75) is 30.8 Å². The van der Waals surface area contributed by atoms with E-state index in [-0.39, 0.29) is 25.3 Å². The van der Waals surface area contributed by atoms with Gasteiger partial charge in [0.1, 0.15) is 6.04 Å². The third-order valence-electron chi connectivity index (χ3n) is 4.13. The Morgan fingerprint density at radius 1 is 1.36 bits per heavy atom. The molecule has 3 amide bonds. The van der Waals surface area contributed by atoms with Gasteiger partial charge in [-0.1, -0.05) is 23.2 Å². The van der Waals surface area contributed by atoms with Gasteiger partial charge < -0.3 is 15.5 Å². The van der Waals surface area contributed by atoms with Crippen LogP contribution >= 0.6 is 23.2 Å². The Bertz CT molecular complexity index is 716. The molecular weight excluding hydrogens is 363 g/mol. The fourth-order valence-electron chi connectivity index (χ4n) is 2.78. The van der Waals surface area contributed by atoms with E-state index in [1.165, 1.54) is 11.9 Å². The molecule has 1 aliphatic rings. The van der Waals surface area contributed by atoms with Gasteiger partial charge in [0.15, 0.2) is 0 Å². The molecule has 0 saturated carbocycles. The number of halogens is 2. The Balaban J connectivity index is 2.12. The largest absolute Gasteiger partial charge is 0.357 e. The van der Waals surface area contributed by atoms with Crippen LogP contribution in [0.2, 0.25) is 10.0 Å². The van der Waals surface area contributed by atoms with Crippen molar-refractivity contribution >= 4 is 57.1 Å². The maximum atomic E-state index is 12.6. The first kappa shape index (κ1) is 19.7. The van der Waals surface area contributed by atoms with E-state index >= 15 is 0 Å². The zero-order valence-corrected chi connectivity index (χ0v) is 15.0. The van der Waals surface area contributed by atoms with E-state index in [0.29, 0.717) is 27.6 Å². The summed E-state index contributed by atoms with van der Waals surface area (Å²) < 4.78 is 0. The number of nitrogens with zero attached hydrogens (tertiary/aromatic N) is 1. The summed E-state index contributed by atoms with van der Waals surface area (Å²) in [7, 11) is 13.7. The van der Waals surface area contributed by atoms with Gasteiger partial charge in [0.2, 0.25) is 18.2 Å². The van der Waals surface area contributed by atoms with Crippen LogP contribution in [-0.2, 0) is 26.3 Å². The molecule has 2 N–H and O–H groups in total. The fourth-order valence-corrected chi connectivity index (χ4v) is 3.13. The summed E-state index contributed by atoms with van der Waals surface area (Å²) in [6.07, 6.45) is 0.502. The van der Waals surface area contributed by atoms with Crippen LogP contribution in [0.1, 0.15) is 24.0 Å². The van der Waals surface area contributed by atoms with Gasteiger partial charge >= 0.3 is 0 Å². The van der Waals surface area contributed by atoms with Gasteiger partial charge in [-0.3, -0.25) is 14.4 Å². The van der Waals surface area contributed by atoms with E-state index in [4.69, 9.17) is 38.9 Å². The topological polar surface area (TPSA) is 78.5 Å². The molecule has 2 rings (SSSR count). The van der Waals surface area contributed by atoms with Crippen molar-refractivity contribution in [3.05, 3.63) is 33.3 Å². The molecule has 0 spiro atoms. The lowest BCUT2D eigenvalue weighted by atomic mass is 9.58. The number of nitrogens with one attached hydrogen (secondary N) is 2. The lowest BCUT2D eigenvalue weighted by molar-refractivity contribution is -0.133. The van der Waals surface area contributed by atoms with Crippen LogP contribution in [0.25, 0.3) is 0 Å². The highest BCUT2D eigenvalue weighted by Crippen LogP contribution is 2.39. The molecule has 1 atom stereocenters. The minimum absolute atomic E-state index is 0.0233. The Kier molecular flexibility index (Phi) is 6.06. The van der Waals surface area contributed by atoms with Crippen LogP contribution in [0, 0.1) is 0 Å². The van der Waals surface area contributed by atoms with Crippen LogP contribution in [-0.4, -0.2) is 51.9 Å². The number of hydrogen-bond donors (Lipinski definition) is 2. The van der Waals surface area contributed by atoms with Gasteiger partial charge in [-0.15, -0.1) is 0 Å². The van der Waals surface area contributed by atoms with Crippen LogP contribution < -0.4 is 10.6 Å². The molecular formula is C15H15B2Cl2N3O3. The summed E-state index contributed by atoms with van der Waals surface area (Å²) in [5, 5.41) is 3.91. The molecule has 0 bridgehead atoms. The van der Waals surface area contributed by atoms with Gasteiger partial charge in [0, 0.05) is 20.0 Å². The molecule has 25 heavy (non-hydrogen) atoms. The van der Waals surface area contributed by atoms with E-state index in [1.54, 1.807) is 12.1 Å². The molecule has 0 fully saturated rings. The predicted octanol–water partition coefficient (Wildman–Crippen LogP) is 0.424. The second-order valence-electron chi connectivity index (χ2n) is 5.72. The van der Waals surface area contributed by atoms with Gasteiger partial charge in [0.05, 0.1) is 25.7 Å². The summed E-state index contributed by atoms with van der Waals surface area (Å²) in [4.78, 5) is 36.2. The van der Waals surface area contributed by atoms with Crippen LogP contribution in [0.15, 0.2) is 12.1 Å².